The molecule has 0 atom stereocenters. The molecule has 0 amide bonds. The Kier molecular flexibility index (Phi) is 4.56. The summed E-state index contributed by atoms with van der Waals surface area (Å²) in [4.78, 5) is 24.6. The number of nitrogens with one attached hydrogen (secondary N) is 1. The number of nitrogens with zero attached hydrogens (tertiary/aromatic N) is 3. The number of rotatable bonds is 5. The van der Waals surface area contributed by atoms with Crippen LogP contribution < -0.4 is 5.56 Å². The molecule has 0 saturated heterocycles. The zero-order valence-corrected chi connectivity index (χ0v) is 15.5. The maximum Gasteiger partial charge on any atom is 0.279 e. The lowest BCUT2D eigenvalue weighted by molar-refractivity contribution is 0.353. The van der Waals surface area contributed by atoms with E-state index >= 15 is 0 Å². The second kappa shape index (κ2) is 6.84. The SMILES string of the molecule is CCn1c(-c2ccc(Cl)cc2)nc2c(=O)[nH]c(SCC3CCC3)nc21. The molecule has 1 aliphatic rings. The van der Waals surface area contributed by atoms with E-state index in [-0.39, 0.29) is 5.56 Å². The van der Waals surface area contributed by atoms with Gasteiger partial charge in [0.2, 0.25) is 0 Å². The number of fused-ring (bicyclic) bond motifs is 1. The van der Waals surface area contributed by atoms with Gasteiger partial charge >= 0.3 is 0 Å². The predicted octanol–water partition coefficient (Wildman–Crippen LogP) is 4.35. The highest BCUT2D eigenvalue weighted by molar-refractivity contribution is 7.99. The molecule has 25 heavy (non-hydrogen) atoms. The maximum atomic E-state index is 12.5. The second-order valence-electron chi connectivity index (χ2n) is 6.34. The number of halogens is 1. The van der Waals surface area contributed by atoms with Crippen LogP contribution in [0.4, 0.5) is 0 Å². The molecule has 1 aliphatic carbocycles. The number of thioether (sulfide) groups is 1. The van der Waals surface area contributed by atoms with Gasteiger partial charge in [0, 0.05) is 22.9 Å². The summed E-state index contributed by atoms with van der Waals surface area (Å²) < 4.78 is 1.99. The molecule has 2 aromatic heterocycles. The van der Waals surface area contributed by atoms with Gasteiger partial charge in [-0.25, -0.2) is 9.97 Å². The quantitative estimate of drug-likeness (QED) is 0.532. The van der Waals surface area contributed by atoms with Gasteiger partial charge in [-0.05, 0) is 49.9 Å². The van der Waals surface area contributed by atoms with E-state index in [0.717, 1.165) is 23.1 Å². The van der Waals surface area contributed by atoms with Crippen LogP contribution in [0.3, 0.4) is 0 Å². The van der Waals surface area contributed by atoms with Gasteiger partial charge in [-0.15, -0.1) is 0 Å². The minimum Gasteiger partial charge on any atom is -0.309 e. The number of aryl methyl sites for hydroxylation is 1. The van der Waals surface area contributed by atoms with Crippen LogP contribution in [0.1, 0.15) is 26.2 Å². The minimum atomic E-state index is -0.177. The lowest BCUT2D eigenvalue weighted by Crippen LogP contribution is -2.15. The molecule has 7 heteroatoms. The normalized spacial score (nSPS) is 14.8. The van der Waals surface area contributed by atoms with Crippen molar-refractivity contribution in [2.45, 2.75) is 37.9 Å². The van der Waals surface area contributed by atoms with Crippen molar-refractivity contribution in [1.82, 2.24) is 19.5 Å². The van der Waals surface area contributed by atoms with E-state index in [1.54, 1.807) is 11.8 Å². The van der Waals surface area contributed by atoms with Crippen LogP contribution in [0.5, 0.6) is 0 Å². The van der Waals surface area contributed by atoms with Crippen LogP contribution in [0.25, 0.3) is 22.6 Å². The van der Waals surface area contributed by atoms with Crippen molar-refractivity contribution >= 4 is 34.5 Å². The fraction of sp³-hybridized carbons (Fsp3) is 0.389. The molecular formula is C18H19ClN4OS. The number of hydrogen-bond donors (Lipinski definition) is 1. The molecule has 1 aromatic carbocycles. The summed E-state index contributed by atoms with van der Waals surface area (Å²) in [5, 5.41) is 1.36. The Morgan fingerprint density at radius 1 is 1.28 bits per heavy atom. The highest BCUT2D eigenvalue weighted by atomic mass is 35.5. The fourth-order valence-electron chi connectivity index (χ4n) is 3.03. The molecule has 3 aromatic rings. The third-order valence-electron chi connectivity index (χ3n) is 4.68. The van der Waals surface area contributed by atoms with E-state index in [4.69, 9.17) is 11.6 Å². The van der Waals surface area contributed by atoms with E-state index in [1.807, 2.05) is 35.8 Å². The average molecular weight is 375 g/mol. The summed E-state index contributed by atoms with van der Waals surface area (Å²) in [6.07, 6.45) is 3.89. The van der Waals surface area contributed by atoms with Crippen molar-refractivity contribution in [3.05, 3.63) is 39.6 Å². The number of H-pyrrole nitrogens is 1. The Bertz CT molecular complexity index is 960. The van der Waals surface area contributed by atoms with Gasteiger partial charge in [0.15, 0.2) is 16.3 Å². The molecule has 0 spiro atoms. The van der Waals surface area contributed by atoms with E-state index < -0.39 is 0 Å². The summed E-state index contributed by atoms with van der Waals surface area (Å²) in [5.41, 5.74) is 1.78. The van der Waals surface area contributed by atoms with Crippen LogP contribution in [0, 0.1) is 5.92 Å². The zero-order chi connectivity index (χ0) is 17.4. The second-order valence-corrected chi connectivity index (χ2v) is 7.78. The van der Waals surface area contributed by atoms with E-state index in [2.05, 4.69) is 15.0 Å². The molecule has 5 nitrogen and oxygen atoms in total. The first kappa shape index (κ1) is 16.7. The molecular weight excluding hydrogens is 356 g/mol. The molecule has 0 aliphatic heterocycles. The summed E-state index contributed by atoms with van der Waals surface area (Å²) >= 11 is 7.61. The smallest absolute Gasteiger partial charge is 0.279 e. The van der Waals surface area contributed by atoms with E-state index in [1.165, 1.54) is 19.3 Å². The van der Waals surface area contributed by atoms with Gasteiger partial charge in [0.05, 0.1) is 0 Å². The maximum absolute atomic E-state index is 12.5. The van der Waals surface area contributed by atoms with Crippen molar-refractivity contribution in [1.29, 1.82) is 0 Å². The molecule has 130 valence electrons. The Morgan fingerprint density at radius 3 is 2.68 bits per heavy atom. The van der Waals surface area contributed by atoms with Gasteiger partial charge in [0.25, 0.3) is 5.56 Å². The lowest BCUT2D eigenvalue weighted by atomic mass is 9.87. The van der Waals surface area contributed by atoms with Crippen molar-refractivity contribution in [3.8, 4) is 11.4 Å². The van der Waals surface area contributed by atoms with Crippen molar-refractivity contribution in [2.75, 3.05) is 5.75 Å². The van der Waals surface area contributed by atoms with Gasteiger partial charge in [0.1, 0.15) is 5.82 Å². The first-order valence-corrected chi connectivity index (χ1v) is 9.91. The first-order valence-electron chi connectivity index (χ1n) is 8.55. The van der Waals surface area contributed by atoms with Crippen LogP contribution >= 0.6 is 23.4 Å². The van der Waals surface area contributed by atoms with Gasteiger partial charge in [-0.1, -0.05) is 29.8 Å². The predicted molar refractivity (Wildman–Crippen MR) is 102 cm³/mol. The zero-order valence-electron chi connectivity index (χ0n) is 14.0. The Hall–Kier alpha value is -1.79. The summed E-state index contributed by atoms with van der Waals surface area (Å²) in [6.45, 7) is 2.72. The van der Waals surface area contributed by atoms with Crippen LogP contribution in [-0.2, 0) is 6.54 Å². The summed E-state index contributed by atoms with van der Waals surface area (Å²) in [6, 6.07) is 7.48. The topological polar surface area (TPSA) is 63.6 Å². The van der Waals surface area contributed by atoms with Crippen LogP contribution in [0.2, 0.25) is 5.02 Å². The lowest BCUT2D eigenvalue weighted by Gasteiger charge is -2.24. The Morgan fingerprint density at radius 2 is 2.04 bits per heavy atom. The Balaban J connectivity index is 1.76. The highest BCUT2D eigenvalue weighted by Crippen LogP contribution is 2.31. The molecule has 0 bridgehead atoms. The largest absolute Gasteiger partial charge is 0.309 e. The monoisotopic (exact) mass is 374 g/mol. The molecule has 1 fully saturated rings. The van der Waals surface area contributed by atoms with Crippen molar-refractivity contribution < 1.29 is 0 Å². The molecule has 4 rings (SSSR count). The van der Waals surface area contributed by atoms with Gasteiger partial charge in [-0.2, -0.15) is 0 Å². The number of benzene rings is 1. The summed E-state index contributed by atoms with van der Waals surface area (Å²) in [5.74, 6) is 2.51. The standard InChI is InChI=1S/C18H19ClN4OS/c1-2-23-15(12-6-8-13(19)9-7-12)20-14-16(23)21-18(22-17(14)24)25-10-11-4-3-5-11/h6-9,11H,2-5,10H2,1H3,(H,21,22,24). The average Bonchev–Trinajstić information content (AvgIpc) is 2.93. The fourth-order valence-corrected chi connectivity index (χ4v) is 4.20. The molecule has 0 unspecified atom stereocenters. The third kappa shape index (κ3) is 3.20. The van der Waals surface area contributed by atoms with Crippen LogP contribution in [-0.4, -0.2) is 25.3 Å². The van der Waals surface area contributed by atoms with Crippen molar-refractivity contribution in [2.24, 2.45) is 5.92 Å². The Labute approximate surface area is 154 Å². The highest BCUT2D eigenvalue weighted by Gasteiger charge is 2.20. The van der Waals surface area contributed by atoms with Gasteiger partial charge < -0.3 is 4.57 Å². The molecule has 1 N–H and O–H groups in total. The minimum absolute atomic E-state index is 0.177. The first-order chi connectivity index (χ1) is 12.2. The van der Waals surface area contributed by atoms with Gasteiger partial charge in [-0.3, -0.25) is 9.78 Å². The van der Waals surface area contributed by atoms with E-state index in [0.29, 0.717) is 27.9 Å². The summed E-state index contributed by atoms with van der Waals surface area (Å²) in [7, 11) is 0. The molecule has 2 heterocycles. The number of imidazole rings is 1. The third-order valence-corrected chi connectivity index (χ3v) is 6.04. The number of hydrogen-bond acceptors (Lipinski definition) is 4. The number of aromatic nitrogens is 4. The molecule has 1 saturated carbocycles. The van der Waals surface area contributed by atoms with E-state index in [9.17, 15) is 4.79 Å². The molecule has 0 radical (unpaired) electrons. The van der Waals surface area contributed by atoms with Crippen molar-refractivity contribution in [3.63, 3.8) is 0 Å². The van der Waals surface area contributed by atoms with Crippen LogP contribution in [0.15, 0.2) is 34.2 Å². The number of aromatic amines is 1.